The molecule has 3 heteroatoms. The van der Waals surface area contributed by atoms with E-state index in [1.165, 1.54) is 34.6 Å². The van der Waals surface area contributed by atoms with Gasteiger partial charge in [0.2, 0.25) is 0 Å². The van der Waals surface area contributed by atoms with Crippen LogP contribution in [-0.2, 0) is 0 Å². The van der Waals surface area contributed by atoms with E-state index in [0.717, 1.165) is 0 Å². The van der Waals surface area contributed by atoms with Gasteiger partial charge in [0.05, 0.1) is 0 Å². The SMILES string of the molecule is Cc1cc(C)cc(C(CN)N(C)C2CCSC2)c1. The molecule has 1 saturated heterocycles. The van der Waals surface area contributed by atoms with Crippen LogP contribution in [0.25, 0.3) is 0 Å². The van der Waals surface area contributed by atoms with E-state index in [-0.39, 0.29) is 0 Å². The molecule has 2 nitrogen and oxygen atoms in total. The van der Waals surface area contributed by atoms with Gasteiger partial charge in [-0.3, -0.25) is 4.90 Å². The minimum absolute atomic E-state index is 0.354. The summed E-state index contributed by atoms with van der Waals surface area (Å²) in [5, 5.41) is 0. The Morgan fingerprint density at radius 1 is 1.33 bits per heavy atom. The first-order valence-corrected chi connectivity index (χ1v) is 7.85. The van der Waals surface area contributed by atoms with Gasteiger partial charge in [-0.15, -0.1) is 0 Å². The Morgan fingerprint density at radius 3 is 2.50 bits per heavy atom. The molecule has 18 heavy (non-hydrogen) atoms. The Morgan fingerprint density at radius 2 is 2.00 bits per heavy atom. The monoisotopic (exact) mass is 264 g/mol. The maximum atomic E-state index is 6.03. The molecule has 0 radical (unpaired) electrons. The lowest BCUT2D eigenvalue weighted by Gasteiger charge is -2.32. The van der Waals surface area contributed by atoms with E-state index in [9.17, 15) is 0 Å². The zero-order valence-electron chi connectivity index (χ0n) is 11.6. The highest BCUT2D eigenvalue weighted by Crippen LogP contribution is 2.29. The molecule has 1 aliphatic rings. The molecule has 2 atom stereocenters. The summed E-state index contributed by atoms with van der Waals surface area (Å²) < 4.78 is 0. The van der Waals surface area contributed by atoms with Crippen LogP contribution in [0.1, 0.15) is 29.2 Å². The largest absolute Gasteiger partial charge is 0.329 e. The normalized spacial score (nSPS) is 21.5. The lowest BCUT2D eigenvalue weighted by atomic mass is 9.99. The maximum Gasteiger partial charge on any atom is 0.0470 e. The van der Waals surface area contributed by atoms with E-state index in [1.807, 2.05) is 0 Å². The van der Waals surface area contributed by atoms with E-state index in [4.69, 9.17) is 5.73 Å². The van der Waals surface area contributed by atoms with E-state index >= 15 is 0 Å². The van der Waals surface area contributed by atoms with Gasteiger partial charge in [-0.2, -0.15) is 11.8 Å². The first-order valence-electron chi connectivity index (χ1n) is 6.69. The third-order valence-corrected chi connectivity index (χ3v) is 4.97. The van der Waals surface area contributed by atoms with Crippen molar-refractivity contribution in [2.24, 2.45) is 5.73 Å². The van der Waals surface area contributed by atoms with Crippen molar-refractivity contribution in [3.05, 3.63) is 34.9 Å². The van der Waals surface area contributed by atoms with Crippen LogP contribution in [0.3, 0.4) is 0 Å². The van der Waals surface area contributed by atoms with Gasteiger partial charge in [0, 0.05) is 24.4 Å². The van der Waals surface area contributed by atoms with Crippen LogP contribution in [0.15, 0.2) is 18.2 Å². The standard InChI is InChI=1S/C15H24N2S/c1-11-6-12(2)8-13(7-11)15(9-16)17(3)14-4-5-18-10-14/h6-8,14-15H,4-5,9-10,16H2,1-3H3. The average Bonchev–Trinajstić information content (AvgIpc) is 2.81. The smallest absolute Gasteiger partial charge is 0.0470 e. The number of likely N-dealkylation sites (N-methyl/N-ethyl adjacent to an activating group) is 1. The van der Waals surface area contributed by atoms with Crippen molar-refractivity contribution in [3.63, 3.8) is 0 Å². The molecule has 0 bridgehead atoms. The van der Waals surface area contributed by atoms with Crippen molar-refractivity contribution in [3.8, 4) is 0 Å². The molecule has 0 aromatic heterocycles. The van der Waals surface area contributed by atoms with Crippen LogP contribution >= 0.6 is 11.8 Å². The molecule has 1 fully saturated rings. The summed E-state index contributed by atoms with van der Waals surface area (Å²) >= 11 is 2.06. The van der Waals surface area contributed by atoms with Crippen LogP contribution in [-0.4, -0.2) is 36.0 Å². The number of nitrogens with zero attached hydrogens (tertiary/aromatic N) is 1. The molecule has 0 saturated carbocycles. The highest BCUT2D eigenvalue weighted by molar-refractivity contribution is 7.99. The topological polar surface area (TPSA) is 29.3 Å². The zero-order chi connectivity index (χ0) is 13.1. The molecule has 0 amide bonds. The summed E-state index contributed by atoms with van der Waals surface area (Å²) in [6.45, 7) is 5.02. The Kier molecular flexibility index (Phi) is 4.71. The van der Waals surface area contributed by atoms with Crippen LogP contribution in [0, 0.1) is 13.8 Å². The molecule has 2 rings (SSSR count). The van der Waals surface area contributed by atoms with Gasteiger partial charge < -0.3 is 5.73 Å². The fourth-order valence-electron chi connectivity index (χ4n) is 2.84. The van der Waals surface area contributed by atoms with Crippen molar-refractivity contribution in [1.29, 1.82) is 0 Å². The van der Waals surface area contributed by atoms with Gasteiger partial charge in [0.25, 0.3) is 0 Å². The molecule has 1 aliphatic heterocycles. The summed E-state index contributed by atoms with van der Waals surface area (Å²) in [5.74, 6) is 2.54. The quantitative estimate of drug-likeness (QED) is 0.906. The lowest BCUT2D eigenvalue weighted by molar-refractivity contribution is 0.193. The molecule has 0 spiro atoms. The molecule has 1 heterocycles. The predicted molar refractivity (Wildman–Crippen MR) is 81.2 cm³/mol. The first kappa shape index (κ1) is 13.9. The van der Waals surface area contributed by atoms with E-state index in [0.29, 0.717) is 18.6 Å². The Hall–Kier alpha value is -0.510. The highest BCUT2D eigenvalue weighted by Gasteiger charge is 2.26. The summed E-state index contributed by atoms with van der Waals surface area (Å²) in [4.78, 5) is 2.48. The minimum Gasteiger partial charge on any atom is -0.329 e. The number of nitrogens with two attached hydrogens (primary N) is 1. The van der Waals surface area contributed by atoms with Gasteiger partial charge in [0.1, 0.15) is 0 Å². The Labute approximate surface area is 115 Å². The zero-order valence-corrected chi connectivity index (χ0v) is 12.5. The second kappa shape index (κ2) is 6.09. The lowest BCUT2D eigenvalue weighted by Crippen LogP contribution is -2.38. The Balaban J connectivity index is 2.20. The molecule has 0 aliphatic carbocycles. The van der Waals surface area contributed by atoms with E-state index < -0.39 is 0 Å². The number of thioether (sulfide) groups is 1. The number of hydrogen-bond donors (Lipinski definition) is 1. The van der Waals surface area contributed by atoms with Gasteiger partial charge >= 0.3 is 0 Å². The molecule has 2 unspecified atom stereocenters. The van der Waals surface area contributed by atoms with Crippen LogP contribution in [0.4, 0.5) is 0 Å². The molecular formula is C15H24N2S. The molecule has 2 N–H and O–H groups in total. The summed E-state index contributed by atoms with van der Waals surface area (Å²) in [7, 11) is 2.23. The van der Waals surface area contributed by atoms with Crippen LogP contribution in [0.2, 0.25) is 0 Å². The molecule has 1 aromatic carbocycles. The minimum atomic E-state index is 0.354. The van der Waals surface area contributed by atoms with Gasteiger partial charge in [-0.1, -0.05) is 29.3 Å². The van der Waals surface area contributed by atoms with Crippen molar-refractivity contribution < 1.29 is 0 Å². The summed E-state index contributed by atoms with van der Waals surface area (Å²) in [5.41, 5.74) is 10.1. The van der Waals surface area contributed by atoms with E-state index in [2.05, 4.69) is 55.8 Å². The van der Waals surface area contributed by atoms with E-state index in [1.54, 1.807) is 0 Å². The van der Waals surface area contributed by atoms with Gasteiger partial charge in [0.15, 0.2) is 0 Å². The molecule has 100 valence electrons. The summed E-state index contributed by atoms with van der Waals surface area (Å²) in [6, 6.07) is 7.83. The fourth-order valence-corrected chi connectivity index (χ4v) is 4.12. The fraction of sp³-hybridized carbons (Fsp3) is 0.600. The van der Waals surface area contributed by atoms with Crippen LogP contribution < -0.4 is 5.73 Å². The first-order chi connectivity index (χ1) is 8.61. The van der Waals surface area contributed by atoms with Gasteiger partial charge in [-0.05, 0) is 38.6 Å². The van der Waals surface area contributed by atoms with Crippen molar-refractivity contribution >= 4 is 11.8 Å². The predicted octanol–water partition coefficient (Wildman–Crippen LogP) is 2.74. The maximum absolute atomic E-state index is 6.03. The van der Waals surface area contributed by atoms with Crippen molar-refractivity contribution in [2.45, 2.75) is 32.4 Å². The third kappa shape index (κ3) is 3.08. The van der Waals surface area contributed by atoms with Gasteiger partial charge in [-0.25, -0.2) is 0 Å². The third-order valence-electron chi connectivity index (χ3n) is 3.83. The second-order valence-corrected chi connectivity index (χ2v) is 6.51. The molecular weight excluding hydrogens is 240 g/mol. The number of aryl methyl sites for hydroxylation is 2. The highest BCUT2D eigenvalue weighted by atomic mass is 32.2. The Bertz CT molecular complexity index is 379. The van der Waals surface area contributed by atoms with Crippen molar-refractivity contribution in [2.75, 3.05) is 25.1 Å². The molecule has 1 aromatic rings. The van der Waals surface area contributed by atoms with Crippen LogP contribution in [0.5, 0.6) is 0 Å². The number of hydrogen-bond acceptors (Lipinski definition) is 3. The number of benzene rings is 1. The second-order valence-electron chi connectivity index (χ2n) is 5.36. The average molecular weight is 264 g/mol. The summed E-state index contributed by atoms with van der Waals surface area (Å²) in [6.07, 6.45) is 1.29. The van der Waals surface area contributed by atoms with Crippen molar-refractivity contribution in [1.82, 2.24) is 4.90 Å². The number of rotatable bonds is 4.